The van der Waals surface area contributed by atoms with Gasteiger partial charge in [0.15, 0.2) is 11.5 Å². The van der Waals surface area contributed by atoms with Crippen LogP contribution in [0.3, 0.4) is 0 Å². The Morgan fingerprint density at radius 3 is 2.28 bits per heavy atom. The highest BCUT2D eigenvalue weighted by Gasteiger charge is 2.22. The van der Waals surface area contributed by atoms with Crippen molar-refractivity contribution in [2.45, 2.75) is 6.92 Å². The summed E-state index contributed by atoms with van der Waals surface area (Å²) in [5.74, 6) is -0.0880. The first-order valence-corrected chi connectivity index (χ1v) is 9.98. The number of hydrogen-bond acceptors (Lipinski definition) is 4. The summed E-state index contributed by atoms with van der Waals surface area (Å²) >= 11 is 3.37. The fourth-order valence-corrected chi connectivity index (χ4v) is 3.39. The smallest absolute Gasteiger partial charge is 0.230 e. The number of furan rings is 1. The molecule has 0 spiro atoms. The molecule has 0 fully saturated rings. The van der Waals surface area contributed by atoms with Gasteiger partial charge in [-0.3, -0.25) is 9.59 Å². The summed E-state index contributed by atoms with van der Waals surface area (Å²) in [5, 5.41) is 3.91. The molecule has 0 saturated carbocycles. The van der Waals surface area contributed by atoms with Crippen LogP contribution in [0, 0.1) is 6.92 Å². The zero-order valence-electron chi connectivity index (χ0n) is 15.7. The van der Waals surface area contributed by atoms with Gasteiger partial charge in [-0.1, -0.05) is 70.0 Å². The van der Waals surface area contributed by atoms with Crippen molar-refractivity contribution in [1.29, 1.82) is 0 Å². The van der Waals surface area contributed by atoms with E-state index in [9.17, 15) is 9.59 Å². The summed E-state index contributed by atoms with van der Waals surface area (Å²) in [5.41, 5.74) is 3.35. The van der Waals surface area contributed by atoms with Crippen LogP contribution in [0.5, 0.6) is 0 Å². The minimum atomic E-state index is -0.222. The Morgan fingerprint density at radius 2 is 1.55 bits per heavy atom. The van der Waals surface area contributed by atoms with Gasteiger partial charge in [0, 0.05) is 21.0 Å². The minimum Gasteiger partial charge on any atom is -0.450 e. The molecule has 0 aliphatic rings. The molecule has 0 unspecified atom stereocenters. The maximum atomic E-state index is 13.1. The third-order valence-corrected chi connectivity index (χ3v) is 5.24. The van der Waals surface area contributed by atoms with E-state index in [-0.39, 0.29) is 23.9 Å². The molecule has 29 heavy (non-hydrogen) atoms. The molecule has 4 aromatic rings. The van der Waals surface area contributed by atoms with Gasteiger partial charge in [0.25, 0.3) is 0 Å². The van der Waals surface area contributed by atoms with Crippen LogP contribution in [0.15, 0.2) is 81.7 Å². The number of benzene rings is 3. The van der Waals surface area contributed by atoms with Crippen molar-refractivity contribution in [3.63, 3.8) is 0 Å². The number of carbonyl (C=O) groups is 2. The first-order valence-electron chi connectivity index (χ1n) is 9.18. The van der Waals surface area contributed by atoms with Gasteiger partial charge in [-0.15, -0.1) is 0 Å². The van der Waals surface area contributed by atoms with E-state index in [1.807, 2.05) is 55.5 Å². The van der Waals surface area contributed by atoms with Crippen LogP contribution in [0.4, 0.5) is 5.69 Å². The number of carbonyl (C=O) groups excluding carboxylic acids is 2. The lowest BCUT2D eigenvalue weighted by molar-refractivity contribution is 0.0997. The molecule has 3 aromatic carbocycles. The Labute approximate surface area is 176 Å². The van der Waals surface area contributed by atoms with Crippen LogP contribution in [0.1, 0.15) is 32.0 Å². The number of aryl methyl sites for hydroxylation is 1. The fraction of sp³-hybridized carbons (Fsp3) is 0.0833. The van der Waals surface area contributed by atoms with Crippen molar-refractivity contribution in [1.82, 2.24) is 0 Å². The van der Waals surface area contributed by atoms with Gasteiger partial charge in [-0.05, 0) is 31.2 Å². The molecule has 0 saturated heterocycles. The standard InChI is InChI=1S/C24H18BrNO3/c1-15-6-8-17(9-7-15)23(28)24-22(19-4-2-3-5-21(19)29-24)26-14-20(27)16-10-12-18(25)13-11-16/h2-13,26H,14H2,1H3. The molecule has 144 valence electrons. The second-order valence-corrected chi connectivity index (χ2v) is 7.70. The van der Waals surface area contributed by atoms with Gasteiger partial charge in [0.05, 0.1) is 12.2 Å². The first-order chi connectivity index (χ1) is 14.0. The predicted molar refractivity (Wildman–Crippen MR) is 118 cm³/mol. The number of anilines is 1. The van der Waals surface area contributed by atoms with E-state index < -0.39 is 0 Å². The van der Waals surface area contributed by atoms with Crippen LogP contribution in [0.2, 0.25) is 0 Å². The van der Waals surface area contributed by atoms with Gasteiger partial charge in [-0.25, -0.2) is 0 Å². The number of nitrogens with one attached hydrogen (secondary N) is 1. The van der Waals surface area contributed by atoms with Crippen molar-refractivity contribution in [3.05, 3.63) is 99.7 Å². The van der Waals surface area contributed by atoms with E-state index in [1.165, 1.54) is 0 Å². The largest absolute Gasteiger partial charge is 0.450 e. The Morgan fingerprint density at radius 1 is 0.897 bits per heavy atom. The zero-order valence-corrected chi connectivity index (χ0v) is 17.3. The van der Waals surface area contributed by atoms with Crippen LogP contribution in [0.25, 0.3) is 11.0 Å². The molecule has 0 radical (unpaired) electrons. The Balaban J connectivity index is 1.66. The van der Waals surface area contributed by atoms with E-state index >= 15 is 0 Å². The first kappa shape index (κ1) is 19.2. The molecule has 1 heterocycles. The maximum Gasteiger partial charge on any atom is 0.230 e. The van der Waals surface area contributed by atoms with Crippen molar-refractivity contribution < 1.29 is 14.0 Å². The molecular weight excluding hydrogens is 430 g/mol. The number of fused-ring (bicyclic) bond motifs is 1. The summed E-state index contributed by atoms with van der Waals surface area (Å²) in [6, 6.07) is 21.9. The quantitative estimate of drug-likeness (QED) is 0.366. The number of para-hydroxylation sites is 1. The van der Waals surface area contributed by atoms with Crippen LogP contribution >= 0.6 is 15.9 Å². The second kappa shape index (κ2) is 8.05. The third kappa shape index (κ3) is 4.00. The maximum absolute atomic E-state index is 13.1. The van der Waals surface area contributed by atoms with Gasteiger partial charge in [0.1, 0.15) is 5.58 Å². The van der Waals surface area contributed by atoms with Crippen molar-refractivity contribution in [2.75, 3.05) is 11.9 Å². The minimum absolute atomic E-state index is 0.0549. The molecular formula is C24H18BrNO3. The molecule has 4 nitrogen and oxygen atoms in total. The number of rotatable bonds is 6. The molecule has 0 aliphatic carbocycles. The van der Waals surface area contributed by atoms with E-state index in [1.54, 1.807) is 24.3 Å². The molecule has 0 atom stereocenters. The Bertz CT molecular complexity index is 1190. The van der Waals surface area contributed by atoms with Crippen molar-refractivity contribution >= 4 is 44.2 Å². The highest BCUT2D eigenvalue weighted by molar-refractivity contribution is 9.10. The molecule has 1 aromatic heterocycles. The number of halogens is 1. The highest BCUT2D eigenvalue weighted by Crippen LogP contribution is 2.32. The topological polar surface area (TPSA) is 59.3 Å². The second-order valence-electron chi connectivity index (χ2n) is 6.78. The molecule has 0 bridgehead atoms. The van der Waals surface area contributed by atoms with Gasteiger partial charge >= 0.3 is 0 Å². The summed E-state index contributed by atoms with van der Waals surface area (Å²) in [6.07, 6.45) is 0. The lowest BCUT2D eigenvalue weighted by Gasteiger charge is -2.07. The summed E-state index contributed by atoms with van der Waals surface area (Å²) < 4.78 is 6.78. The van der Waals surface area contributed by atoms with Crippen molar-refractivity contribution in [2.24, 2.45) is 0 Å². The van der Waals surface area contributed by atoms with Gasteiger partial charge in [0.2, 0.25) is 5.78 Å². The highest BCUT2D eigenvalue weighted by atomic mass is 79.9. The monoisotopic (exact) mass is 447 g/mol. The van der Waals surface area contributed by atoms with Crippen LogP contribution < -0.4 is 5.32 Å². The van der Waals surface area contributed by atoms with Crippen molar-refractivity contribution in [3.8, 4) is 0 Å². The molecule has 5 heteroatoms. The van der Waals surface area contributed by atoms with E-state index in [4.69, 9.17) is 4.42 Å². The van der Waals surface area contributed by atoms with Gasteiger partial charge < -0.3 is 9.73 Å². The zero-order chi connectivity index (χ0) is 20.4. The molecule has 0 amide bonds. The van der Waals surface area contributed by atoms with Gasteiger partial charge in [-0.2, -0.15) is 0 Å². The summed E-state index contributed by atoms with van der Waals surface area (Å²) in [4.78, 5) is 25.7. The van der Waals surface area contributed by atoms with E-state index in [0.29, 0.717) is 22.4 Å². The van der Waals surface area contributed by atoms with Crippen LogP contribution in [-0.2, 0) is 0 Å². The average Bonchev–Trinajstić information content (AvgIpc) is 3.11. The lowest BCUT2D eigenvalue weighted by Crippen LogP contribution is -2.15. The van der Waals surface area contributed by atoms with Crippen LogP contribution in [-0.4, -0.2) is 18.1 Å². The van der Waals surface area contributed by atoms with E-state index in [0.717, 1.165) is 15.4 Å². The Kier molecular flexibility index (Phi) is 5.32. The number of hydrogen-bond donors (Lipinski definition) is 1. The predicted octanol–water partition coefficient (Wildman–Crippen LogP) is 6.03. The molecule has 0 aliphatic heterocycles. The van der Waals surface area contributed by atoms with E-state index in [2.05, 4.69) is 21.2 Å². The number of ketones is 2. The Hall–Kier alpha value is -3.18. The lowest BCUT2D eigenvalue weighted by atomic mass is 10.1. The SMILES string of the molecule is Cc1ccc(C(=O)c2oc3ccccc3c2NCC(=O)c2ccc(Br)cc2)cc1. The summed E-state index contributed by atoms with van der Waals surface area (Å²) in [7, 11) is 0. The molecule has 4 rings (SSSR count). The number of Topliss-reactive ketones (excluding diaryl/α,β-unsaturated/α-hetero) is 1. The fourth-order valence-electron chi connectivity index (χ4n) is 3.12. The molecule has 1 N–H and O–H groups in total. The normalized spacial score (nSPS) is 10.8. The third-order valence-electron chi connectivity index (χ3n) is 4.71. The average molecular weight is 448 g/mol. The summed E-state index contributed by atoms with van der Waals surface area (Å²) in [6.45, 7) is 2.02.